The van der Waals surface area contributed by atoms with Gasteiger partial charge in [-0.05, 0) is 43.2 Å². The molecule has 1 saturated carbocycles. The fraction of sp³-hybridized carbons (Fsp3) is 0.625. The van der Waals surface area contributed by atoms with Gasteiger partial charge in [-0.2, -0.15) is 0 Å². The Morgan fingerprint density at radius 1 is 1.29 bits per heavy atom. The Morgan fingerprint density at radius 2 is 2.05 bits per heavy atom. The molecule has 2 fully saturated rings. The van der Waals surface area contributed by atoms with E-state index in [1.807, 2.05) is 18.2 Å². The van der Waals surface area contributed by atoms with Gasteiger partial charge in [0, 0.05) is 4.91 Å². The lowest BCUT2D eigenvalue weighted by Crippen LogP contribution is -2.36. The fourth-order valence-electron chi connectivity index (χ4n) is 3.39. The number of ether oxygens (including phenoxy) is 2. The summed E-state index contributed by atoms with van der Waals surface area (Å²) in [6.45, 7) is 1.25. The molecule has 21 heavy (non-hydrogen) atoms. The highest BCUT2D eigenvalue weighted by molar-refractivity contribution is 5.13. The number of hydrogen-bond donors (Lipinski definition) is 0. The van der Waals surface area contributed by atoms with Gasteiger partial charge in [-0.15, -0.1) is 0 Å². The molecule has 1 heterocycles. The Balaban J connectivity index is 1.46. The molecule has 5 heteroatoms. The van der Waals surface area contributed by atoms with Gasteiger partial charge in [-0.3, -0.25) is 0 Å². The molecule has 1 aromatic rings. The molecule has 1 aromatic carbocycles. The zero-order valence-corrected chi connectivity index (χ0v) is 12.1. The molecular weight excluding hydrogens is 266 g/mol. The van der Waals surface area contributed by atoms with Crippen LogP contribution < -0.4 is 0 Å². The molecular formula is C16H21N3O2. The Bertz CT molecular complexity index is 506. The first-order valence-corrected chi connectivity index (χ1v) is 7.63. The van der Waals surface area contributed by atoms with Gasteiger partial charge >= 0.3 is 0 Å². The van der Waals surface area contributed by atoms with E-state index in [4.69, 9.17) is 15.0 Å². The van der Waals surface area contributed by atoms with Crippen molar-refractivity contribution in [3.8, 4) is 0 Å². The first kappa shape index (κ1) is 14.4. The summed E-state index contributed by atoms with van der Waals surface area (Å²) in [5, 5.41) is 3.79. The van der Waals surface area contributed by atoms with Gasteiger partial charge in [0.15, 0.2) is 0 Å². The molecule has 1 atom stereocenters. The third-order valence-corrected chi connectivity index (χ3v) is 4.58. The summed E-state index contributed by atoms with van der Waals surface area (Å²) in [5.41, 5.74) is 9.67. The number of rotatable bonds is 4. The van der Waals surface area contributed by atoms with E-state index in [0.717, 1.165) is 32.1 Å². The zero-order valence-electron chi connectivity index (χ0n) is 12.1. The highest BCUT2D eigenvalue weighted by Crippen LogP contribution is 2.41. The summed E-state index contributed by atoms with van der Waals surface area (Å²) in [6, 6.07) is 10.3. The van der Waals surface area contributed by atoms with Crippen LogP contribution in [0.15, 0.2) is 35.4 Å². The van der Waals surface area contributed by atoms with Crippen LogP contribution in [0.3, 0.4) is 0 Å². The molecule has 5 nitrogen and oxygen atoms in total. The Kier molecular flexibility index (Phi) is 4.44. The van der Waals surface area contributed by atoms with Crippen molar-refractivity contribution in [3.63, 3.8) is 0 Å². The number of benzene rings is 1. The molecule has 0 amide bonds. The topological polar surface area (TPSA) is 67.2 Å². The molecule has 1 aliphatic heterocycles. The lowest BCUT2D eigenvalue weighted by atomic mass is 9.81. The minimum absolute atomic E-state index is 0.0109. The van der Waals surface area contributed by atoms with Crippen LogP contribution in [0.1, 0.15) is 37.7 Å². The van der Waals surface area contributed by atoms with Crippen molar-refractivity contribution in [3.05, 3.63) is 46.3 Å². The number of nitrogens with zero attached hydrogens (tertiary/aromatic N) is 3. The molecule has 1 unspecified atom stereocenters. The van der Waals surface area contributed by atoms with Gasteiger partial charge in [-0.25, -0.2) is 0 Å². The van der Waals surface area contributed by atoms with Gasteiger partial charge in [-0.1, -0.05) is 35.4 Å². The Morgan fingerprint density at radius 3 is 2.76 bits per heavy atom. The predicted octanol–water partition coefficient (Wildman–Crippen LogP) is 3.98. The van der Waals surface area contributed by atoms with Crippen molar-refractivity contribution in [1.82, 2.24) is 0 Å². The third kappa shape index (κ3) is 3.56. The molecule has 1 aliphatic carbocycles. The molecule has 112 valence electrons. The second-order valence-electron chi connectivity index (χ2n) is 6.05. The summed E-state index contributed by atoms with van der Waals surface area (Å²) in [5.74, 6) is 0. The second kappa shape index (κ2) is 6.48. The summed E-state index contributed by atoms with van der Waals surface area (Å²) in [6.07, 6.45) is 5.24. The van der Waals surface area contributed by atoms with E-state index < -0.39 is 0 Å². The average Bonchev–Trinajstić information content (AvgIpc) is 2.91. The van der Waals surface area contributed by atoms with Crippen LogP contribution >= 0.6 is 0 Å². The molecule has 1 spiro atoms. The summed E-state index contributed by atoms with van der Waals surface area (Å²) in [7, 11) is 0. The van der Waals surface area contributed by atoms with Crippen LogP contribution in [0.4, 0.5) is 0 Å². The molecule has 0 radical (unpaired) electrons. The van der Waals surface area contributed by atoms with E-state index in [0.29, 0.717) is 19.3 Å². The fourth-order valence-corrected chi connectivity index (χ4v) is 3.39. The first-order valence-electron chi connectivity index (χ1n) is 7.63. The van der Waals surface area contributed by atoms with E-state index in [9.17, 15) is 0 Å². The largest absolute Gasteiger partial charge is 0.375 e. The minimum Gasteiger partial charge on any atom is -0.375 e. The van der Waals surface area contributed by atoms with E-state index in [2.05, 4.69) is 22.2 Å². The maximum absolute atomic E-state index is 8.52. The second-order valence-corrected chi connectivity index (χ2v) is 6.05. The van der Waals surface area contributed by atoms with Crippen LogP contribution in [0, 0.1) is 0 Å². The molecule has 0 bridgehead atoms. The molecule has 1 saturated heterocycles. The van der Waals surface area contributed by atoms with Gasteiger partial charge in [0.05, 0.1) is 31.0 Å². The van der Waals surface area contributed by atoms with Gasteiger partial charge in [0.25, 0.3) is 0 Å². The van der Waals surface area contributed by atoms with Crippen LogP contribution in [-0.4, -0.2) is 24.4 Å². The first-order chi connectivity index (χ1) is 10.3. The maximum Gasteiger partial charge on any atom is 0.0720 e. The standard InChI is InChI=1S/C16H21N3O2/c17-19-18-14-10-16(21-12-14)8-6-15(7-9-16)20-11-13-4-2-1-3-5-13/h1-5,14-15H,6-12H2. The normalized spacial score (nSPS) is 32.0. The molecule has 3 rings (SSSR count). The Hall–Kier alpha value is -1.55. The van der Waals surface area contributed by atoms with Crippen LogP contribution in [-0.2, 0) is 16.1 Å². The highest BCUT2D eigenvalue weighted by Gasteiger charge is 2.42. The van der Waals surface area contributed by atoms with E-state index in [1.54, 1.807) is 0 Å². The molecule has 2 aliphatic rings. The van der Waals surface area contributed by atoms with Crippen LogP contribution in [0.2, 0.25) is 0 Å². The van der Waals surface area contributed by atoms with Gasteiger partial charge < -0.3 is 9.47 Å². The zero-order chi connectivity index (χ0) is 14.5. The Labute approximate surface area is 124 Å². The van der Waals surface area contributed by atoms with Crippen LogP contribution in [0.25, 0.3) is 10.4 Å². The monoisotopic (exact) mass is 287 g/mol. The van der Waals surface area contributed by atoms with Crippen molar-refractivity contribution in [2.24, 2.45) is 5.11 Å². The van der Waals surface area contributed by atoms with Crippen molar-refractivity contribution in [1.29, 1.82) is 0 Å². The maximum atomic E-state index is 8.52. The van der Waals surface area contributed by atoms with Crippen molar-refractivity contribution in [2.45, 2.75) is 56.5 Å². The van der Waals surface area contributed by atoms with E-state index >= 15 is 0 Å². The summed E-state index contributed by atoms with van der Waals surface area (Å²) in [4.78, 5) is 2.89. The lowest BCUT2D eigenvalue weighted by molar-refractivity contribution is -0.0724. The van der Waals surface area contributed by atoms with E-state index in [1.165, 1.54) is 5.56 Å². The van der Waals surface area contributed by atoms with Crippen molar-refractivity contribution < 1.29 is 9.47 Å². The number of azide groups is 1. The molecule has 0 N–H and O–H groups in total. The average molecular weight is 287 g/mol. The third-order valence-electron chi connectivity index (χ3n) is 4.58. The quantitative estimate of drug-likeness (QED) is 0.477. The SMILES string of the molecule is [N-]=[N+]=NC1COC2(CCC(OCc3ccccc3)CC2)C1. The van der Waals surface area contributed by atoms with Gasteiger partial charge in [0.1, 0.15) is 0 Å². The summed E-state index contributed by atoms with van der Waals surface area (Å²) >= 11 is 0. The van der Waals surface area contributed by atoms with Gasteiger partial charge in [0.2, 0.25) is 0 Å². The highest BCUT2D eigenvalue weighted by atomic mass is 16.5. The minimum atomic E-state index is -0.0640. The smallest absolute Gasteiger partial charge is 0.0720 e. The number of hydrogen-bond acceptors (Lipinski definition) is 3. The van der Waals surface area contributed by atoms with Crippen molar-refractivity contribution >= 4 is 0 Å². The molecule has 0 aromatic heterocycles. The summed E-state index contributed by atoms with van der Waals surface area (Å²) < 4.78 is 11.9. The lowest BCUT2D eigenvalue weighted by Gasteiger charge is -2.36. The van der Waals surface area contributed by atoms with Crippen LogP contribution in [0.5, 0.6) is 0 Å². The predicted molar refractivity (Wildman–Crippen MR) is 79.7 cm³/mol. The van der Waals surface area contributed by atoms with Crippen molar-refractivity contribution in [2.75, 3.05) is 6.61 Å². The van der Waals surface area contributed by atoms with E-state index in [-0.39, 0.29) is 11.6 Å².